The first kappa shape index (κ1) is 22.4. The smallest absolute Gasteiger partial charge is 0.255 e. The summed E-state index contributed by atoms with van der Waals surface area (Å²) in [5, 5.41) is 5.94. The van der Waals surface area contributed by atoms with Crippen molar-refractivity contribution in [2.75, 3.05) is 10.6 Å². The minimum Gasteiger partial charge on any atom is -0.383 e. The molecule has 8 N–H and O–H groups in total. The molecule has 32 heavy (non-hydrogen) atoms. The Morgan fingerprint density at radius 2 is 1.81 bits per heavy atom. The zero-order chi connectivity index (χ0) is 23.3. The number of rotatable bonds is 6. The number of anilines is 2. The fraction of sp³-hybridized carbons (Fsp3) is 0.130. The molecule has 0 radical (unpaired) electrons. The lowest BCUT2D eigenvalue weighted by Crippen LogP contribution is -2.30. The van der Waals surface area contributed by atoms with Crippen LogP contribution in [0.1, 0.15) is 29.8 Å². The van der Waals surface area contributed by atoms with Crippen molar-refractivity contribution in [3.63, 3.8) is 0 Å². The van der Waals surface area contributed by atoms with E-state index in [2.05, 4.69) is 32.2 Å². The molecule has 0 aliphatic carbocycles. The highest BCUT2D eigenvalue weighted by Crippen LogP contribution is 2.21. The minimum atomic E-state index is -0.547. The molecule has 2 aromatic rings. The largest absolute Gasteiger partial charge is 0.383 e. The molecule has 1 heterocycles. The van der Waals surface area contributed by atoms with E-state index in [0.29, 0.717) is 28.3 Å². The van der Waals surface area contributed by atoms with Crippen molar-refractivity contribution < 1.29 is 4.79 Å². The predicted octanol–water partition coefficient (Wildman–Crippen LogP) is 2.66. The Kier molecular flexibility index (Phi) is 6.50. The predicted molar refractivity (Wildman–Crippen MR) is 131 cm³/mol. The summed E-state index contributed by atoms with van der Waals surface area (Å²) < 4.78 is 0. The summed E-state index contributed by atoms with van der Waals surface area (Å²) in [5.74, 6) is 0.158. The molecule has 0 aromatic heterocycles. The number of nitrogens with two attached hydrogens (primary N) is 3. The van der Waals surface area contributed by atoms with E-state index in [0.717, 1.165) is 5.56 Å². The number of carbonyl (C=O) groups is 1. The number of nitrogens with zero attached hydrogens (tertiary/aromatic N) is 3. The summed E-state index contributed by atoms with van der Waals surface area (Å²) in [4.78, 5) is 24.9. The highest BCUT2D eigenvalue weighted by molar-refractivity contribution is 6.49. The second kappa shape index (κ2) is 9.27. The van der Waals surface area contributed by atoms with Crippen molar-refractivity contribution in [2.24, 2.45) is 32.2 Å². The van der Waals surface area contributed by atoms with Crippen LogP contribution in [0.25, 0.3) is 0 Å². The standard InChI is InChI=1S/C23H26N8O/c1-4-27-18-19(28-13-29-20(18)24)21(25)30-16-9-6-10-17(12-16)31-22(32)14-7-5-8-15(11-14)23(2,3)26/h4-13,30H,1,25-26H2,2-3H3,(H,31,32)(H2,24,28,29)/b21-19-,27-18+. The molecule has 0 unspecified atom stereocenters. The van der Waals surface area contributed by atoms with Crippen molar-refractivity contribution in [3.8, 4) is 0 Å². The van der Waals surface area contributed by atoms with Crippen LogP contribution in [0.2, 0.25) is 0 Å². The van der Waals surface area contributed by atoms with E-state index in [1.165, 1.54) is 12.5 Å². The highest BCUT2D eigenvalue weighted by Gasteiger charge is 2.18. The molecule has 0 saturated carbocycles. The van der Waals surface area contributed by atoms with E-state index in [4.69, 9.17) is 17.2 Å². The molecule has 0 saturated heterocycles. The van der Waals surface area contributed by atoms with Gasteiger partial charge in [0.2, 0.25) is 0 Å². The molecule has 9 heteroatoms. The maximum atomic E-state index is 12.7. The zero-order valence-corrected chi connectivity index (χ0v) is 18.0. The number of carbonyl (C=O) groups excluding carboxylic acids is 1. The van der Waals surface area contributed by atoms with Gasteiger partial charge in [-0.2, -0.15) is 0 Å². The molecular weight excluding hydrogens is 404 g/mol. The Morgan fingerprint density at radius 3 is 2.50 bits per heavy atom. The number of amides is 1. The molecule has 0 fully saturated rings. The number of aliphatic imine (C=N–C) groups is 3. The molecule has 0 atom stereocenters. The molecule has 2 aromatic carbocycles. The normalized spacial score (nSPS) is 16.3. The zero-order valence-electron chi connectivity index (χ0n) is 18.0. The first-order valence-corrected chi connectivity index (χ1v) is 9.82. The summed E-state index contributed by atoms with van der Waals surface area (Å²) in [6, 6.07) is 14.3. The fourth-order valence-corrected chi connectivity index (χ4v) is 2.96. The lowest BCUT2D eigenvalue weighted by molar-refractivity contribution is 0.102. The number of hydrogen-bond acceptors (Lipinski definition) is 8. The van der Waals surface area contributed by atoms with Gasteiger partial charge in [-0.25, -0.2) is 9.98 Å². The third-order valence-corrected chi connectivity index (χ3v) is 4.59. The quantitative estimate of drug-likeness (QED) is 0.476. The van der Waals surface area contributed by atoms with Crippen molar-refractivity contribution in [1.82, 2.24) is 0 Å². The van der Waals surface area contributed by atoms with Gasteiger partial charge in [-0.3, -0.25) is 9.79 Å². The van der Waals surface area contributed by atoms with Gasteiger partial charge in [-0.1, -0.05) is 24.8 Å². The third kappa shape index (κ3) is 5.27. The summed E-state index contributed by atoms with van der Waals surface area (Å²) in [7, 11) is 0. The number of amidine groups is 1. The monoisotopic (exact) mass is 430 g/mol. The van der Waals surface area contributed by atoms with Gasteiger partial charge in [0.1, 0.15) is 23.6 Å². The van der Waals surface area contributed by atoms with E-state index >= 15 is 0 Å². The number of benzene rings is 2. The van der Waals surface area contributed by atoms with Crippen LogP contribution in [0.4, 0.5) is 11.4 Å². The molecular formula is C23H26N8O. The first-order chi connectivity index (χ1) is 15.2. The Labute approximate surface area is 186 Å². The fourth-order valence-electron chi connectivity index (χ4n) is 2.96. The van der Waals surface area contributed by atoms with Gasteiger partial charge in [0.25, 0.3) is 5.91 Å². The van der Waals surface area contributed by atoms with E-state index in [9.17, 15) is 4.79 Å². The average molecular weight is 431 g/mol. The van der Waals surface area contributed by atoms with Gasteiger partial charge >= 0.3 is 0 Å². The average Bonchev–Trinajstić information content (AvgIpc) is 2.75. The van der Waals surface area contributed by atoms with Gasteiger partial charge < -0.3 is 27.8 Å². The Balaban J connectivity index is 1.80. The molecule has 0 bridgehead atoms. The topological polar surface area (TPSA) is 156 Å². The summed E-state index contributed by atoms with van der Waals surface area (Å²) in [5.41, 5.74) is 20.9. The maximum absolute atomic E-state index is 12.7. The molecule has 3 rings (SSSR count). The molecule has 1 aliphatic rings. The van der Waals surface area contributed by atoms with E-state index < -0.39 is 5.54 Å². The second-order valence-electron chi connectivity index (χ2n) is 7.64. The summed E-state index contributed by atoms with van der Waals surface area (Å²) >= 11 is 0. The molecule has 164 valence electrons. The highest BCUT2D eigenvalue weighted by atomic mass is 16.1. The van der Waals surface area contributed by atoms with E-state index in [-0.39, 0.29) is 17.6 Å². The number of nitrogens with one attached hydrogen (secondary N) is 2. The molecule has 1 amide bonds. The Morgan fingerprint density at radius 1 is 1.12 bits per heavy atom. The third-order valence-electron chi connectivity index (χ3n) is 4.59. The van der Waals surface area contributed by atoms with Gasteiger partial charge in [-0.05, 0) is 49.7 Å². The van der Waals surface area contributed by atoms with Crippen LogP contribution >= 0.6 is 0 Å². The van der Waals surface area contributed by atoms with Crippen molar-refractivity contribution in [2.45, 2.75) is 19.4 Å². The van der Waals surface area contributed by atoms with Gasteiger partial charge in [0.05, 0.1) is 0 Å². The van der Waals surface area contributed by atoms with Crippen LogP contribution < -0.4 is 27.8 Å². The first-order valence-electron chi connectivity index (χ1n) is 9.82. The van der Waals surface area contributed by atoms with E-state index in [1.807, 2.05) is 26.0 Å². The van der Waals surface area contributed by atoms with Crippen LogP contribution in [-0.4, -0.2) is 23.8 Å². The Hall–Kier alpha value is -4.24. The van der Waals surface area contributed by atoms with Crippen LogP contribution in [0.3, 0.4) is 0 Å². The Bertz CT molecular complexity index is 1170. The van der Waals surface area contributed by atoms with Gasteiger partial charge in [-0.15, -0.1) is 0 Å². The van der Waals surface area contributed by atoms with Gasteiger partial charge in [0, 0.05) is 28.7 Å². The maximum Gasteiger partial charge on any atom is 0.255 e. The van der Waals surface area contributed by atoms with Crippen LogP contribution in [-0.2, 0) is 5.54 Å². The molecule has 1 aliphatic heterocycles. The summed E-state index contributed by atoms with van der Waals surface area (Å²) in [6.07, 6.45) is 2.64. The summed E-state index contributed by atoms with van der Waals surface area (Å²) in [6.45, 7) is 7.34. The minimum absolute atomic E-state index is 0.184. The van der Waals surface area contributed by atoms with Gasteiger partial charge in [0.15, 0.2) is 5.84 Å². The van der Waals surface area contributed by atoms with Crippen molar-refractivity contribution >= 4 is 35.2 Å². The number of hydrogen-bond donors (Lipinski definition) is 5. The van der Waals surface area contributed by atoms with Crippen molar-refractivity contribution in [3.05, 3.63) is 84.0 Å². The molecule has 9 nitrogen and oxygen atoms in total. The second-order valence-corrected chi connectivity index (χ2v) is 7.64. The van der Waals surface area contributed by atoms with Crippen LogP contribution in [0.15, 0.2) is 87.8 Å². The van der Waals surface area contributed by atoms with Crippen LogP contribution in [0.5, 0.6) is 0 Å². The lowest BCUT2D eigenvalue weighted by atomic mass is 9.94. The van der Waals surface area contributed by atoms with E-state index in [1.54, 1.807) is 36.4 Å². The lowest BCUT2D eigenvalue weighted by Gasteiger charge is -2.19. The van der Waals surface area contributed by atoms with Crippen LogP contribution in [0, 0.1) is 0 Å². The van der Waals surface area contributed by atoms with Crippen molar-refractivity contribution in [1.29, 1.82) is 0 Å². The molecule has 0 spiro atoms. The SMILES string of the molecule is C=C/N=C1/C(N)=NC=N/C1=C(/N)Nc1cccc(NC(=O)c2cccc(C(C)(C)N)c2)c1.